The lowest BCUT2D eigenvalue weighted by atomic mass is 10.7. The minimum absolute atomic E-state index is 0.527. The second-order valence-corrected chi connectivity index (χ2v) is 8.40. The molecule has 0 heterocycles. The molecule has 17 heavy (non-hydrogen) atoms. The first-order valence-electron chi connectivity index (χ1n) is 4.15. The summed E-state index contributed by atoms with van der Waals surface area (Å²) in [6.07, 6.45) is -2.69. The van der Waals surface area contributed by atoms with E-state index >= 15 is 0 Å². The van der Waals surface area contributed by atoms with Crippen LogP contribution in [-0.4, -0.2) is 59.5 Å². The molecule has 0 aromatic carbocycles. The molecular formula is C4H14NO9P3. The summed E-state index contributed by atoms with van der Waals surface area (Å²) in [6, 6.07) is 0. The van der Waals surface area contributed by atoms with Crippen LogP contribution in [-0.2, 0) is 13.7 Å². The van der Waals surface area contributed by atoms with Crippen LogP contribution in [0.2, 0.25) is 0 Å². The van der Waals surface area contributed by atoms with Crippen LogP contribution in [0.5, 0.6) is 0 Å². The molecule has 0 saturated heterocycles. The van der Waals surface area contributed by atoms with E-state index in [0.29, 0.717) is 4.90 Å². The average molecular weight is 313 g/mol. The van der Waals surface area contributed by atoms with Crippen LogP contribution in [0.3, 0.4) is 0 Å². The summed E-state index contributed by atoms with van der Waals surface area (Å²) in [4.78, 5) is 52.3. The van der Waals surface area contributed by atoms with Gasteiger partial charge in [-0.1, -0.05) is 0 Å². The van der Waals surface area contributed by atoms with Crippen LogP contribution in [0, 0.1) is 0 Å². The monoisotopic (exact) mass is 313 g/mol. The molecule has 0 radical (unpaired) electrons. The quantitative estimate of drug-likeness (QED) is 0.311. The van der Waals surface area contributed by atoms with Crippen LogP contribution >= 0.6 is 22.8 Å². The Morgan fingerprint density at radius 3 is 1.29 bits per heavy atom. The van der Waals surface area contributed by atoms with Gasteiger partial charge in [0.1, 0.15) is 12.6 Å². The molecule has 6 N–H and O–H groups in total. The molecule has 10 nitrogen and oxygen atoms in total. The van der Waals surface area contributed by atoms with Gasteiger partial charge in [-0.3, -0.25) is 18.6 Å². The summed E-state index contributed by atoms with van der Waals surface area (Å²) >= 11 is 0. The van der Waals surface area contributed by atoms with Crippen molar-refractivity contribution in [2.24, 2.45) is 0 Å². The molecule has 0 aromatic heterocycles. The molecule has 0 aliphatic rings. The molecule has 0 aliphatic carbocycles. The fraction of sp³-hybridized carbons (Fsp3) is 1.00. The molecular weight excluding hydrogens is 299 g/mol. The largest absolute Gasteiger partial charge is 0.339 e. The first-order chi connectivity index (χ1) is 7.29. The smallest absolute Gasteiger partial charge is 0.324 e. The molecule has 0 fully saturated rings. The zero-order valence-corrected chi connectivity index (χ0v) is 11.2. The van der Waals surface area contributed by atoms with Crippen molar-refractivity contribution < 1.29 is 43.1 Å². The van der Waals surface area contributed by atoms with E-state index in [-0.39, 0.29) is 0 Å². The highest BCUT2D eigenvalue weighted by atomic mass is 31.2. The van der Waals surface area contributed by atoms with E-state index in [1.165, 1.54) is 0 Å². The van der Waals surface area contributed by atoms with Gasteiger partial charge in [-0.15, -0.1) is 0 Å². The van der Waals surface area contributed by atoms with Gasteiger partial charge in [-0.05, 0) is 0 Å². The van der Waals surface area contributed by atoms with Gasteiger partial charge < -0.3 is 29.4 Å². The van der Waals surface area contributed by atoms with Gasteiger partial charge in [0.15, 0.2) is 0 Å². The Bertz CT molecular complexity index is 354. The summed E-state index contributed by atoms with van der Waals surface area (Å²) in [5.74, 6) is 0. The minimum atomic E-state index is -4.56. The van der Waals surface area contributed by atoms with Crippen molar-refractivity contribution in [2.75, 3.05) is 25.3 Å². The molecule has 0 saturated carbocycles. The van der Waals surface area contributed by atoms with Crippen LogP contribution in [0.1, 0.15) is 0 Å². The Kier molecular flexibility index (Phi) is 6.18. The van der Waals surface area contributed by atoms with Crippen LogP contribution in [0.25, 0.3) is 0 Å². The van der Waals surface area contributed by atoms with Gasteiger partial charge >= 0.3 is 22.8 Å². The SMILES string of the molecule is O=P(O)(O)CCN(CP(=O)(O)O)CP(=O)(O)O. The second kappa shape index (κ2) is 6.04. The lowest BCUT2D eigenvalue weighted by Gasteiger charge is -2.22. The Labute approximate surface area is 96.7 Å². The summed E-state index contributed by atoms with van der Waals surface area (Å²) < 4.78 is 31.9. The highest BCUT2D eigenvalue weighted by molar-refractivity contribution is 7.53. The number of hydrogen-bond acceptors (Lipinski definition) is 4. The topological polar surface area (TPSA) is 176 Å². The predicted molar refractivity (Wildman–Crippen MR) is 57.4 cm³/mol. The molecule has 0 aliphatic heterocycles. The normalized spacial score (nSPS) is 14.3. The standard InChI is InChI=1S/C4H14NO9P3/c6-15(7,8)2-1-5(3-16(9,10)11)4-17(12,13)14/h1-4H2,(H2,6,7,8)(H2,9,10,11)(H2,12,13,14). The molecule has 0 bridgehead atoms. The van der Waals surface area contributed by atoms with E-state index in [9.17, 15) is 13.7 Å². The maximum Gasteiger partial charge on any atom is 0.339 e. The van der Waals surface area contributed by atoms with E-state index in [2.05, 4.69) is 0 Å². The zero-order valence-electron chi connectivity index (χ0n) is 8.53. The molecule has 13 heteroatoms. The minimum Gasteiger partial charge on any atom is -0.324 e. The second-order valence-electron chi connectivity index (χ2n) is 3.39. The first-order valence-corrected chi connectivity index (χ1v) is 9.54. The summed E-state index contributed by atoms with van der Waals surface area (Å²) in [5, 5.41) is 0. The molecule has 0 unspecified atom stereocenters. The molecule has 104 valence electrons. The van der Waals surface area contributed by atoms with Crippen molar-refractivity contribution in [3.05, 3.63) is 0 Å². The Morgan fingerprint density at radius 2 is 1.06 bits per heavy atom. The maximum absolute atomic E-state index is 10.7. The fourth-order valence-electron chi connectivity index (χ4n) is 0.979. The van der Waals surface area contributed by atoms with E-state index in [1.807, 2.05) is 0 Å². The molecule has 0 spiro atoms. The van der Waals surface area contributed by atoms with Crippen LogP contribution < -0.4 is 0 Å². The maximum atomic E-state index is 10.7. The first kappa shape index (κ1) is 17.4. The summed E-state index contributed by atoms with van der Waals surface area (Å²) in [5.41, 5.74) is 0. The van der Waals surface area contributed by atoms with Crippen molar-refractivity contribution in [3.8, 4) is 0 Å². The van der Waals surface area contributed by atoms with Gasteiger partial charge in [0.2, 0.25) is 0 Å². The van der Waals surface area contributed by atoms with E-state index in [1.54, 1.807) is 0 Å². The molecule has 0 amide bonds. The Balaban J connectivity index is 4.58. The van der Waals surface area contributed by atoms with E-state index in [4.69, 9.17) is 29.4 Å². The number of nitrogens with zero attached hydrogens (tertiary/aromatic N) is 1. The van der Waals surface area contributed by atoms with Crippen molar-refractivity contribution in [2.45, 2.75) is 0 Å². The van der Waals surface area contributed by atoms with Crippen molar-refractivity contribution in [1.82, 2.24) is 4.90 Å². The lowest BCUT2D eigenvalue weighted by Crippen LogP contribution is -2.29. The highest BCUT2D eigenvalue weighted by Crippen LogP contribution is 2.42. The van der Waals surface area contributed by atoms with Gasteiger partial charge in [-0.2, -0.15) is 0 Å². The third kappa shape index (κ3) is 12.7. The zero-order chi connectivity index (χ0) is 13.9. The van der Waals surface area contributed by atoms with Gasteiger partial charge in [0.05, 0.1) is 6.16 Å². The van der Waals surface area contributed by atoms with Crippen molar-refractivity contribution >= 4 is 22.8 Å². The van der Waals surface area contributed by atoms with Gasteiger partial charge in [0, 0.05) is 6.54 Å². The lowest BCUT2D eigenvalue weighted by molar-refractivity contribution is 0.279. The van der Waals surface area contributed by atoms with E-state index in [0.717, 1.165) is 0 Å². The van der Waals surface area contributed by atoms with Gasteiger partial charge in [-0.25, -0.2) is 0 Å². The Morgan fingerprint density at radius 1 is 0.706 bits per heavy atom. The van der Waals surface area contributed by atoms with Crippen LogP contribution in [0.15, 0.2) is 0 Å². The molecule has 0 atom stereocenters. The highest BCUT2D eigenvalue weighted by Gasteiger charge is 2.27. The third-order valence-electron chi connectivity index (χ3n) is 1.48. The molecule has 0 aromatic rings. The summed E-state index contributed by atoms with van der Waals surface area (Å²) in [7, 11) is -13.5. The van der Waals surface area contributed by atoms with Crippen LogP contribution in [0.4, 0.5) is 0 Å². The molecule has 0 rings (SSSR count). The Hall–Kier alpha value is 0.410. The van der Waals surface area contributed by atoms with Crippen molar-refractivity contribution in [3.63, 3.8) is 0 Å². The predicted octanol–water partition coefficient (Wildman–Crippen LogP) is -1.26. The van der Waals surface area contributed by atoms with Crippen molar-refractivity contribution in [1.29, 1.82) is 0 Å². The fourth-order valence-corrected chi connectivity index (χ4v) is 3.21. The number of hydrogen-bond donors (Lipinski definition) is 6. The summed E-state index contributed by atoms with van der Waals surface area (Å²) in [6.45, 7) is -0.527. The number of rotatable bonds is 7. The van der Waals surface area contributed by atoms with E-state index < -0.39 is 48.1 Å². The third-order valence-corrected chi connectivity index (χ3v) is 3.80. The average Bonchev–Trinajstić information content (AvgIpc) is 1.92. The van der Waals surface area contributed by atoms with Gasteiger partial charge in [0.25, 0.3) is 0 Å².